The molecule has 1 atom stereocenters. The molecule has 1 saturated heterocycles. The molecule has 3 N–H and O–H groups in total. The molecule has 3 rings (SSSR count). The number of benzene rings is 1. The standard InChI is InChI=1S/C17H17F3N4O2/c1-26-17(25)11-7-13(20)16(24-5-4-10(21)8-24)23-15(11)22-14-3-2-9(18)6-12(14)19/h2-3,6-7,10H,4-5,8,21H2,1H3,(H,22,23). The molecule has 0 bridgehead atoms. The van der Waals surface area contributed by atoms with Gasteiger partial charge in [-0.2, -0.15) is 0 Å². The third-order valence-corrected chi connectivity index (χ3v) is 4.07. The molecule has 0 aliphatic carbocycles. The summed E-state index contributed by atoms with van der Waals surface area (Å²) in [6.07, 6.45) is 0.676. The molecule has 138 valence electrons. The van der Waals surface area contributed by atoms with Crippen molar-refractivity contribution in [1.82, 2.24) is 4.98 Å². The second kappa shape index (κ2) is 7.20. The minimum atomic E-state index is -0.878. The van der Waals surface area contributed by atoms with E-state index in [9.17, 15) is 18.0 Å². The van der Waals surface area contributed by atoms with Gasteiger partial charge < -0.3 is 20.7 Å². The van der Waals surface area contributed by atoms with Gasteiger partial charge >= 0.3 is 5.97 Å². The summed E-state index contributed by atoms with van der Waals surface area (Å²) in [5, 5.41) is 2.61. The van der Waals surface area contributed by atoms with Crippen LogP contribution in [0.15, 0.2) is 24.3 Å². The third-order valence-electron chi connectivity index (χ3n) is 4.07. The molecule has 0 radical (unpaired) electrons. The molecule has 1 fully saturated rings. The van der Waals surface area contributed by atoms with Gasteiger partial charge in [-0.25, -0.2) is 22.9 Å². The van der Waals surface area contributed by atoms with Gasteiger partial charge in [0.25, 0.3) is 0 Å². The van der Waals surface area contributed by atoms with Gasteiger partial charge in [0, 0.05) is 25.2 Å². The van der Waals surface area contributed by atoms with Gasteiger partial charge in [0.15, 0.2) is 11.6 Å². The zero-order valence-electron chi connectivity index (χ0n) is 13.9. The number of nitrogens with zero attached hydrogens (tertiary/aromatic N) is 2. The fourth-order valence-corrected chi connectivity index (χ4v) is 2.76. The summed E-state index contributed by atoms with van der Waals surface area (Å²) in [6.45, 7) is 0.916. The van der Waals surface area contributed by atoms with E-state index in [2.05, 4.69) is 15.0 Å². The summed E-state index contributed by atoms with van der Waals surface area (Å²) in [7, 11) is 1.13. The number of carbonyl (C=O) groups is 1. The molecule has 6 nitrogen and oxygen atoms in total. The van der Waals surface area contributed by atoms with E-state index in [1.807, 2.05) is 0 Å². The first kappa shape index (κ1) is 18.0. The first-order chi connectivity index (χ1) is 12.4. The number of anilines is 3. The maximum atomic E-state index is 14.5. The third kappa shape index (κ3) is 3.57. The van der Waals surface area contributed by atoms with Gasteiger partial charge in [-0.15, -0.1) is 0 Å². The first-order valence-corrected chi connectivity index (χ1v) is 7.90. The summed E-state index contributed by atoms with van der Waals surface area (Å²) in [5.74, 6) is -3.29. The van der Waals surface area contributed by atoms with Crippen molar-refractivity contribution < 1.29 is 22.7 Å². The monoisotopic (exact) mass is 366 g/mol. The fourth-order valence-electron chi connectivity index (χ4n) is 2.76. The molecule has 1 aliphatic rings. The van der Waals surface area contributed by atoms with Gasteiger partial charge in [-0.05, 0) is 24.6 Å². The number of nitrogens with one attached hydrogen (secondary N) is 1. The Kier molecular flexibility index (Phi) is 4.99. The lowest BCUT2D eigenvalue weighted by atomic mass is 10.2. The van der Waals surface area contributed by atoms with Crippen molar-refractivity contribution in [3.05, 3.63) is 47.3 Å². The predicted molar refractivity (Wildman–Crippen MR) is 90.0 cm³/mol. The van der Waals surface area contributed by atoms with Crippen LogP contribution in [0.2, 0.25) is 0 Å². The highest BCUT2D eigenvalue weighted by Gasteiger charge is 2.26. The summed E-state index contributed by atoms with van der Waals surface area (Å²) < 4.78 is 46.1. The Labute approximate surface area is 147 Å². The molecular formula is C17H17F3N4O2. The molecule has 9 heteroatoms. The Bertz CT molecular complexity index is 847. The Morgan fingerprint density at radius 2 is 2.08 bits per heavy atom. The van der Waals surface area contributed by atoms with E-state index in [0.717, 1.165) is 25.3 Å². The number of hydrogen-bond acceptors (Lipinski definition) is 6. The molecule has 1 aromatic carbocycles. The smallest absolute Gasteiger partial charge is 0.341 e. The number of ether oxygens (including phenoxy) is 1. The maximum Gasteiger partial charge on any atom is 0.341 e. The zero-order valence-corrected chi connectivity index (χ0v) is 13.9. The molecule has 0 spiro atoms. The molecule has 1 aromatic heterocycles. The number of pyridine rings is 1. The first-order valence-electron chi connectivity index (χ1n) is 7.90. The Morgan fingerprint density at radius 3 is 2.69 bits per heavy atom. The highest BCUT2D eigenvalue weighted by molar-refractivity contribution is 5.95. The topological polar surface area (TPSA) is 80.5 Å². The summed E-state index contributed by atoms with van der Waals surface area (Å²) in [5.41, 5.74) is 5.52. The Hall–Kier alpha value is -2.81. The minimum absolute atomic E-state index is 0.00405. The minimum Gasteiger partial charge on any atom is -0.465 e. The van der Waals surface area contributed by atoms with Gasteiger partial charge in [-0.3, -0.25) is 0 Å². The molecule has 1 unspecified atom stereocenters. The number of aromatic nitrogens is 1. The number of carbonyl (C=O) groups excluding carboxylic acids is 1. The SMILES string of the molecule is COC(=O)c1cc(F)c(N2CCC(N)C2)nc1Nc1ccc(F)cc1F. The Balaban J connectivity index is 2.03. The van der Waals surface area contributed by atoms with Crippen molar-refractivity contribution in [2.24, 2.45) is 5.73 Å². The molecule has 2 heterocycles. The number of rotatable bonds is 4. The van der Waals surface area contributed by atoms with Crippen molar-refractivity contribution >= 4 is 23.3 Å². The summed E-state index contributed by atoms with van der Waals surface area (Å²) in [6, 6.07) is 3.75. The lowest BCUT2D eigenvalue weighted by Crippen LogP contribution is -2.28. The molecule has 0 saturated carbocycles. The largest absolute Gasteiger partial charge is 0.465 e. The average molecular weight is 366 g/mol. The van der Waals surface area contributed by atoms with Gasteiger partial charge in [0.1, 0.15) is 23.0 Å². The van der Waals surface area contributed by atoms with Crippen LogP contribution in [-0.2, 0) is 4.74 Å². The quantitative estimate of drug-likeness (QED) is 0.810. The van der Waals surface area contributed by atoms with E-state index in [4.69, 9.17) is 5.73 Å². The number of esters is 1. The van der Waals surface area contributed by atoms with Gasteiger partial charge in [0.2, 0.25) is 0 Å². The van der Waals surface area contributed by atoms with Crippen molar-refractivity contribution in [2.75, 3.05) is 30.4 Å². The molecular weight excluding hydrogens is 349 g/mol. The number of methoxy groups -OCH3 is 1. The van der Waals surface area contributed by atoms with Crippen molar-refractivity contribution in [3.63, 3.8) is 0 Å². The summed E-state index contributed by atoms with van der Waals surface area (Å²) in [4.78, 5) is 17.7. The van der Waals surface area contributed by atoms with E-state index < -0.39 is 23.4 Å². The van der Waals surface area contributed by atoms with Crippen LogP contribution in [-0.4, -0.2) is 37.2 Å². The van der Waals surface area contributed by atoms with Crippen LogP contribution < -0.4 is 16.0 Å². The van der Waals surface area contributed by atoms with Gasteiger partial charge in [-0.1, -0.05) is 0 Å². The Morgan fingerprint density at radius 1 is 1.31 bits per heavy atom. The van der Waals surface area contributed by atoms with E-state index in [-0.39, 0.29) is 28.9 Å². The van der Waals surface area contributed by atoms with E-state index >= 15 is 0 Å². The second-order valence-electron chi connectivity index (χ2n) is 5.93. The second-order valence-corrected chi connectivity index (χ2v) is 5.93. The van der Waals surface area contributed by atoms with Crippen LogP contribution in [0.25, 0.3) is 0 Å². The molecule has 1 aliphatic heterocycles. The van der Waals surface area contributed by atoms with Crippen LogP contribution in [0, 0.1) is 17.5 Å². The fraction of sp³-hybridized carbons (Fsp3) is 0.294. The molecule has 0 amide bonds. The zero-order chi connectivity index (χ0) is 18.8. The number of nitrogens with two attached hydrogens (primary N) is 1. The normalized spacial score (nSPS) is 16.7. The summed E-state index contributed by atoms with van der Waals surface area (Å²) >= 11 is 0. The lowest BCUT2D eigenvalue weighted by Gasteiger charge is -2.20. The molecule has 2 aromatic rings. The maximum absolute atomic E-state index is 14.5. The van der Waals surface area contributed by atoms with Crippen molar-refractivity contribution in [3.8, 4) is 0 Å². The van der Waals surface area contributed by atoms with Crippen molar-refractivity contribution in [1.29, 1.82) is 0 Å². The van der Waals surface area contributed by atoms with Crippen LogP contribution >= 0.6 is 0 Å². The highest BCUT2D eigenvalue weighted by atomic mass is 19.1. The van der Waals surface area contributed by atoms with Gasteiger partial charge in [0.05, 0.1) is 12.8 Å². The lowest BCUT2D eigenvalue weighted by molar-refractivity contribution is 0.0601. The van der Waals surface area contributed by atoms with Crippen LogP contribution in [0.3, 0.4) is 0 Å². The molecule has 26 heavy (non-hydrogen) atoms. The highest BCUT2D eigenvalue weighted by Crippen LogP contribution is 2.29. The van der Waals surface area contributed by atoms with Crippen LogP contribution in [0.5, 0.6) is 0 Å². The van der Waals surface area contributed by atoms with Crippen LogP contribution in [0.1, 0.15) is 16.8 Å². The van der Waals surface area contributed by atoms with Crippen molar-refractivity contribution in [2.45, 2.75) is 12.5 Å². The van der Waals surface area contributed by atoms with E-state index in [1.165, 1.54) is 0 Å². The van der Waals surface area contributed by atoms with E-state index in [1.54, 1.807) is 4.90 Å². The predicted octanol–water partition coefficient (Wildman–Crippen LogP) is 2.57. The van der Waals surface area contributed by atoms with E-state index in [0.29, 0.717) is 25.6 Å². The van der Waals surface area contributed by atoms with Crippen LogP contribution in [0.4, 0.5) is 30.5 Å². The average Bonchev–Trinajstić information content (AvgIpc) is 3.03. The number of hydrogen-bond donors (Lipinski definition) is 2. The number of halogens is 3.